The summed E-state index contributed by atoms with van der Waals surface area (Å²) >= 11 is 1.03. The summed E-state index contributed by atoms with van der Waals surface area (Å²) in [5.74, 6) is -6.10. The number of carbonyl (C=O) groups is 6. The van der Waals surface area contributed by atoms with Gasteiger partial charge in [0, 0.05) is 37.6 Å². The van der Waals surface area contributed by atoms with Crippen molar-refractivity contribution in [3.63, 3.8) is 0 Å². The zero-order valence-corrected chi connectivity index (χ0v) is 37.0. The van der Waals surface area contributed by atoms with Gasteiger partial charge in [0.05, 0.1) is 32.4 Å². The number of carbonyl (C=O) groups excluding carboxylic acids is 3. The van der Waals surface area contributed by atoms with Crippen LogP contribution in [0.5, 0.6) is 0 Å². The number of rotatable bonds is 24. The van der Waals surface area contributed by atoms with Crippen LogP contribution in [0.3, 0.4) is 0 Å². The van der Waals surface area contributed by atoms with Crippen LogP contribution in [-0.4, -0.2) is 167 Å². The Hall–Kier alpha value is -4.07. The van der Waals surface area contributed by atoms with Gasteiger partial charge in [0.25, 0.3) is 0 Å². The van der Waals surface area contributed by atoms with Gasteiger partial charge in [-0.1, -0.05) is 25.6 Å². The second kappa shape index (κ2) is 23.4. The van der Waals surface area contributed by atoms with Crippen LogP contribution in [-0.2, 0) is 65.1 Å². The number of aliphatic hydroxyl groups excluding tert-OH is 2. The third-order valence-electron chi connectivity index (χ3n) is 8.09. The molecule has 2 unspecified atom stereocenters. The highest BCUT2D eigenvalue weighted by Gasteiger charge is 2.50. The Morgan fingerprint density at radius 3 is 2.09 bits per heavy atom. The number of carboxylic acids is 3. The molecule has 1 saturated heterocycles. The van der Waals surface area contributed by atoms with Gasteiger partial charge in [-0.05, 0) is 0 Å². The first kappa shape index (κ1) is 56.1. The molecule has 3 rings (SSSR count). The first-order chi connectivity index (χ1) is 29.3. The van der Waals surface area contributed by atoms with E-state index in [2.05, 4.69) is 34.4 Å². The van der Waals surface area contributed by atoms with E-state index < -0.39 is 121 Å². The zero-order chi connectivity index (χ0) is 49.0. The zero-order valence-electron chi connectivity index (χ0n) is 33.5. The van der Waals surface area contributed by atoms with Crippen molar-refractivity contribution in [1.82, 2.24) is 30.2 Å². The number of nitrogens with one attached hydrogen (secondary N) is 2. The van der Waals surface area contributed by atoms with E-state index in [-0.39, 0.29) is 41.6 Å². The molecule has 2 aromatic heterocycles. The maximum Gasteiger partial charge on any atom is 0.481 e. The lowest BCUT2D eigenvalue weighted by Gasteiger charge is -2.30. The number of ether oxygens (including phenoxy) is 1. The van der Waals surface area contributed by atoms with Crippen LogP contribution in [0.2, 0.25) is 0 Å². The highest BCUT2D eigenvalue weighted by molar-refractivity contribution is 8.13. The number of aliphatic carboxylic acids is 3. The minimum absolute atomic E-state index is 0.0310. The number of fused-ring (bicyclic) bond motifs is 1. The van der Waals surface area contributed by atoms with Crippen LogP contribution in [0.25, 0.3) is 11.2 Å². The summed E-state index contributed by atoms with van der Waals surface area (Å²) in [6, 6.07) is 0. The molecule has 31 nitrogen and oxygen atoms in total. The number of aromatic nitrogens is 4. The third kappa shape index (κ3) is 18.1. The third-order valence-corrected chi connectivity index (χ3v) is 12.0. The molecule has 35 heteroatoms. The molecule has 0 aliphatic carbocycles. The van der Waals surface area contributed by atoms with Crippen LogP contribution < -0.4 is 16.4 Å². The molecule has 362 valence electrons. The number of aliphatic hydroxyl groups is 3. The smallest absolute Gasteiger partial charge is 0.481 e. The molecule has 0 saturated carbocycles. The van der Waals surface area contributed by atoms with Gasteiger partial charge in [-0.25, -0.2) is 33.4 Å². The van der Waals surface area contributed by atoms with Crippen LogP contribution in [0.15, 0.2) is 12.7 Å². The van der Waals surface area contributed by atoms with Gasteiger partial charge in [-0.2, -0.15) is 4.31 Å². The van der Waals surface area contributed by atoms with Crippen molar-refractivity contribution < 1.29 is 115 Å². The second-order valence-corrected chi connectivity index (χ2v) is 19.4. The Bertz CT molecular complexity index is 2140. The second-order valence-electron chi connectivity index (χ2n) is 13.9. The first-order valence-electron chi connectivity index (χ1n) is 17.7. The van der Waals surface area contributed by atoms with Gasteiger partial charge in [-0.15, -0.1) is 0 Å². The number of phosphoric acid groups is 3. The number of thioether (sulfide) groups is 1. The van der Waals surface area contributed by atoms with Crippen LogP contribution >= 0.6 is 35.2 Å². The Morgan fingerprint density at radius 2 is 1.55 bits per heavy atom. The van der Waals surface area contributed by atoms with Gasteiger partial charge in [-0.3, -0.25) is 42.1 Å². The van der Waals surface area contributed by atoms with Crippen LogP contribution in [0, 0.1) is 5.41 Å². The van der Waals surface area contributed by atoms with Crippen molar-refractivity contribution in [1.29, 1.82) is 0 Å². The molecule has 14 N–H and O–H groups in total. The summed E-state index contributed by atoms with van der Waals surface area (Å²) < 4.78 is 61.8. The molecule has 2 amide bonds. The van der Waals surface area contributed by atoms with E-state index in [1.807, 2.05) is 0 Å². The molecule has 0 spiro atoms. The fourth-order valence-electron chi connectivity index (χ4n) is 5.04. The summed E-state index contributed by atoms with van der Waals surface area (Å²) in [7, 11) is -16.4. The molecule has 1 aliphatic rings. The number of nitrogens with two attached hydrogens (primary N) is 1. The molecule has 1 aliphatic heterocycles. The fourth-order valence-corrected chi connectivity index (χ4v) is 8.36. The molecule has 64 heavy (non-hydrogen) atoms. The van der Waals surface area contributed by atoms with Crippen LogP contribution in [0.1, 0.15) is 46.3 Å². The number of nitrogens with zero attached hydrogens (tertiary/aromatic N) is 4. The Labute approximate surface area is 364 Å². The topological polar surface area (TPSA) is 496 Å². The van der Waals surface area contributed by atoms with E-state index in [0.29, 0.717) is 5.75 Å². The molecule has 3 heterocycles. The number of amides is 2. The highest BCUT2D eigenvalue weighted by Crippen LogP contribution is 2.61. The fraction of sp³-hybridized carbons (Fsp3) is 0.621. The van der Waals surface area contributed by atoms with Gasteiger partial charge in [0.15, 0.2) is 28.4 Å². The number of hydrogen-bond acceptors (Lipinski definition) is 22. The molecule has 0 bridgehead atoms. The number of nitrogen functional groups attached to an aromatic ring is 1. The van der Waals surface area contributed by atoms with E-state index in [1.54, 1.807) is 0 Å². The maximum absolute atomic E-state index is 12.6. The van der Waals surface area contributed by atoms with Gasteiger partial charge in [0.1, 0.15) is 36.3 Å². The summed E-state index contributed by atoms with van der Waals surface area (Å²) in [5.41, 5.74) is 1.52. The van der Waals surface area contributed by atoms with Crippen molar-refractivity contribution in [2.75, 3.05) is 37.8 Å². The largest absolute Gasteiger partial charge is 0.481 e. The summed E-state index contributed by atoms with van der Waals surface area (Å²) in [6.45, 7) is 1.90. The quantitative estimate of drug-likeness (QED) is 0.0380. The maximum atomic E-state index is 12.6. The van der Waals surface area contributed by atoms with Crippen molar-refractivity contribution in [2.24, 2.45) is 5.41 Å². The Kier molecular flexibility index (Phi) is 20.5. The van der Waals surface area contributed by atoms with Crippen LogP contribution in [0.4, 0.5) is 5.82 Å². The lowest BCUT2D eigenvalue weighted by molar-refractivity contribution is -0.170. The number of carboxylic acid groups (broad SMARTS) is 3. The number of imidazole rings is 1. The molecular formula is C29H46N7O24P3S. The summed E-state index contributed by atoms with van der Waals surface area (Å²) in [5, 5.41) is 59.9. The predicted molar refractivity (Wildman–Crippen MR) is 210 cm³/mol. The molecule has 7 atom stereocenters. The monoisotopic (exact) mass is 1000 g/mol. The van der Waals surface area contributed by atoms with E-state index in [4.69, 9.17) is 39.9 Å². The predicted octanol–water partition coefficient (Wildman–Crippen LogP) is -2.56. The molecule has 0 aromatic carbocycles. The lowest BCUT2D eigenvalue weighted by Crippen LogP contribution is -2.46. The molecule has 0 radical (unpaired) electrons. The van der Waals surface area contributed by atoms with E-state index >= 15 is 0 Å². The van der Waals surface area contributed by atoms with Crippen molar-refractivity contribution in [2.45, 2.75) is 76.3 Å². The van der Waals surface area contributed by atoms with Crippen molar-refractivity contribution in [3.8, 4) is 0 Å². The normalized spacial score (nSPS) is 20.2. The van der Waals surface area contributed by atoms with Crippen molar-refractivity contribution >= 4 is 87.0 Å². The Balaban J connectivity index is 0.000000934. The minimum Gasteiger partial charge on any atom is -0.481 e. The minimum atomic E-state index is -5.56. The van der Waals surface area contributed by atoms with Crippen molar-refractivity contribution in [3.05, 3.63) is 12.7 Å². The average Bonchev–Trinajstić information content (AvgIpc) is 3.70. The Morgan fingerprint density at radius 1 is 0.953 bits per heavy atom. The number of anilines is 1. The molecule has 1 fully saturated rings. The summed E-state index contributed by atoms with van der Waals surface area (Å²) in [4.78, 5) is 116. The first-order valence-corrected chi connectivity index (χ1v) is 23.2. The highest BCUT2D eigenvalue weighted by atomic mass is 32.2. The lowest BCUT2D eigenvalue weighted by atomic mass is 9.87. The number of hydrogen-bond donors (Lipinski definition) is 13. The average molecular weight is 1000 g/mol. The number of phosphoric ester groups is 3. The SMILES string of the molecule is CC(=O)SCCNC(=O)CCNC(=O)[C@H](O)C(C)(C)COP(=O)(O)OP(=O)(O)OC[C@H]1O[C@@H](n2cnc3c(N)ncnc32)[C@H](O)[C@@H]1OP(=O)(O)O.O=C(O)CC(O)(CC(=O)O)C(=O)O. The van der Waals surface area contributed by atoms with Gasteiger partial charge >= 0.3 is 41.4 Å². The standard InChI is InChI=1S/C23H38N7O17P3S.C6H8O7/c1-12(31)51-7-6-25-14(32)4-5-26-21(35)18(34)23(2,3)9-44-50(41,42)47-49(39,40)43-8-13-17(46-48(36,37)38)16(33)22(45-13)30-11-29-15-19(24)27-10-28-20(15)30;7-3(8)1-6(13,5(11)12)2-4(9)10/h10-11,13,16-18,22,33-34H,4-9H2,1-3H3,(H,25,32)(H,26,35)(H,39,40)(H,41,42)(H2,24,27,28)(H2,36,37,38);13H,1-2H2,(H,7,8)(H,9,10)(H,11,12)/t13-,16-,17-,18+,22-;/m1./s1. The van der Waals surface area contributed by atoms with E-state index in [0.717, 1.165) is 29.0 Å². The van der Waals surface area contributed by atoms with E-state index in [1.165, 1.54) is 20.8 Å². The molecular weight excluding hydrogens is 955 g/mol. The van der Waals surface area contributed by atoms with Gasteiger partial charge < -0.3 is 71.3 Å². The van der Waals surface area contributed by atoms with E-state index in [9.17, 15) is 72.2 Å². The molecule has 2 aromatic rings. The summed E-state index contributed by atoms with van der Waals surface area (Å²) in [6.07, 6.45) is -9.17. The van der Waals surface area contributed by atoms with Gasteiger partial charge in [0.2, 0.25) is 11.8 Å².